The first-order valence-electron chi connectivity index (χ1n) is 5.06. The van der Waals surface area contributed by atoms with E-state index in [9.17, 15) is 13.2 Å². The number of anilines is 1. The minimum Gasteiger partial charge on any atom is -0.476 e. The highest BCUT2D eigenvalue weighted by atomic mass is 79.9. The highest BCUT2D eigenvalue weighted by Crippen LogP contribution is 2.36. The van der Waals surface area contributed by atoms with E-state index in [4.69, 9.17) is 28.3 Å². The molecule has 0 bridgehead atoms. The van der Waals surface area contributed by atoms with Crippen LogP contribution in [-0.2, 0) is 10.0 Å². The first-order valence-corrected chi connectivity index (χ1v) is 8.97. The predicted molar refractivity (Wildman–Crippen MR) is 84.0 cm³/mol. The summed E-state index contributed by atoms with van der Waals surface area (Å²) in [5.74, 6) is -1.44. The number of carboxylic acid groups (broad SMARTS) is 1. The average molecular weight is 432 g/mol. The standard InChI is InChI=1S/C10H5BrCl2N2O4S2/c11-4-1-5(12)7(6(13)2-4)15-21(18,19)10-8(9(16)17)14-3-20-10/h1-3,15H,(H,16,17). The first kappa shape index (κ1) is 16.5. The number of benzene rings is 1. The maximum atomic E-state index is 12.2. The molecule has 11 heteroatoms. The van der Waals surface area contributed by atoms with Gasteiger partial charge in [0.1, 0.15) is 0 Å². The quantitative estimate of drug-likeness (QED) is 0.768. The molecule has 2 rings (SSSR count). The number of sulfonamides is 1. The summed E-state index contributed by atoms with van der Waals surface area (Å²) in [5, 5.41) is 9.06. The largest absolute Gasteiger partial charge is 0.476 e. The zero-order chi connectivity index (χ0) is 15.8. The van der Waals surface area contributed by atoms with Crippen LogP contribution in [0.15, 0.2) is 26.3 Å². The van der Waals surface area contributed by atoms with Crippen molar-refractivity contribution in [1.82, 2.24) is 4.98 Å². The minimum absolute atomic E-state index is 0.0359. The van der Waals surface area contributed by atoms with Crippen molar-refractivity contribution in [3.05, 3.63) is 37.9 Å². The Hall–Kier alpha value is -0.870. The van der Waals surface area contributed by atoms with Crippen LogP contribution in [0.1, 0.15) is 10.5 Å². The van der Waals surface area contributed by atoms with Crippen LogP contribution in [0, 0.1) is 0 Å². The van der Waals surface area contributed by atoms with Gasteiger partial charge in [0.25, 0.3) is 10.0 Å². The molecular weight excluding hydrogens is 427 g/mol. The first-order chi connectivity index (χ1) is 9.72. The van der Waals surface area contributed by atoms with Gasteiger partial charge in [0, 0.05) is 4.47 Å². The number of aromatic carboxylic acids is 1. The Bertz CT molecular complexity index is 799. The van der Waals surface area contributed by atoms with E-state index in [-0.39, 0.29) is 15.7 Å². The molecule has 6 nitrogen and oxygen atoms in total. The maximum absolute atomic E-state index is 12.2. The van der Waals surface area contributed by atoms with Gasteiger partial charge < -0.3 is 5.11 Å². The van der Waals surface area contributed by atoms with Crippen LogP contribution in [0.5, 0.6) is 0 Å². The van der Waals surface area contributed by atoms with Crippen LogP contribution in [0.25, 0.3) is 0 Å². The second kappa shape index (κ2) is 6.09. The summed E-state index contributed by atoms with van der Waals surface area (Å²) in [6.45, 7) is 0. The number of hydrogen-bond donors (Lipinski definition) is 2. The number of rotatable bonds is 4. The number of nitrogens with zero attached hydrogens (tertiary/aromatic N) is 1. The van der Waals surface area contributed by atoms with Crippen LogP contribution < -0.4 is 4.72 Å². The third-order valence-electron chi connectivity index (χ3n) is 2.22. The Morgan fingerprint density at radius 3 is 2.43 bits per heavy atom. The van der Waals surface area contributed by atoms with E-state index in [0.717, 1.165) is 5.51 Å². The summed E-state index contributed by atoms with van der Waals surface area (Å²) < 4.78 is 26.8. The molecule has 0 radical (unpaired) electrons. The van der Waals surface area contributed by atoms with Crippen LogP contribution in [0.2, 0.25) is 10.0 Å². The van der Waals surface area contributed by atoms with E-state index < -0.39 is 25.9 Å². The molecule has 0 aliphatic carbocycles. The van der Waals surface area contributed by atoms with Gasteiger partial charge in [0.05, 0.1) is 21.2 Å². The van der Waals surface area contributed by atoms with Crippen molar-refractivity contribution >= 4 is 72.1 Å². The lowest BCUT2D eigenvalue weighted by Gasteiger charge is -2.11. The molecule has 0 aliphatic heterocycles. The number of thiazole rings is 1. The highest BCUT2D eigenvalue weighted by molar-refractivity contribution is 9.10. The lowest BCUT2D eigenvalue weighted by molar-refractivity contribution is 0.0687. The highest BCUT2D eigenvalue weighted by Gasteiger charge is 2.27. The number of hydrogen-bond acceptors (Lipinski definition) is 5. The molecule has 0 aliphatic rings. The molecule has 1 aromatic carbocycles. The lowest BCUT2D eigenvalue weighted by atomic mass is 10.3. The zero-order valence-corrected chi connectivity index (χ0v) is 14.5. The molecule has 0 atom stereocenters. The summed E-state index contributed by atoms with van der Waals surface area (Å²) in [5.41, 5.74) is 0.533. The summed E-state index contributed by atoms with van der Waals surface area (Å²) in [6, 6.07) is 2.91. The Labute approximate surface area is 141 Å². The van der Waals surface area contributed by atoms with Gasteiger partial charge in [-0.05, 0) is 12.1 Å². The van der Waals surface area contributed by atoms with Gasteiger partial charge in [-0.2, -0.15) is 0 Å². The molecular formula is C10H5BrCl2N2O4S2. The van der Waals surface area contributed by atoms with Gasteiger partial charge in [-0.3, -0.25) is 4.72 Å². The third-order valence-corrected chi connectivity index (χ3v) is 6.00. The van der Waals surface area contributed by atoms with E-state index in [0.29, 0.717) is 15.8 Å². The van der Waals surface area contributed by atoms with E-state index >= 15 is 0 Å². The van der Waals surface area contributed by atoms with Gasteiger partial charge in [-0.25, -0.2) is 18.2 Å². The molecule has 0 unspecified atom stereocenters. The molecule has 1 aromatic heterocycles. The van der Waals surface area contributed by atoms with E-state index in [1.165, 1.54) is 12.1 Å². The fourth-order valence-electron chi connectivity index (χ4n) is 1.39. The van der Waals surface area contributed by atoms with Crippen molar-refractivity contribution in [2.24, 2.45) is 0 Å². The molecule has 0 saturated carbocycles. The summed E-state index contributed by atoms with van der Waals surface area (Å²) in [4.78, 5) is 14.5. The molecule has 2 aromatic rings. The van der Waals surface area contributed by atoms with Crippen molar-refractivity contribution in [2.45, 2.75) is 4.21 Å². The molecule has 1 heterocycles. The van der Waals surface area contributed by atoms with Gasteiger partial charge in [0.2, 0.25) is 0 Å². The van der Waals surface area contributed by atoms with Crippen LogP contribution in [-0.4, -0.2) is 24.5 Å². The minimum atomic E-state index is -4.16. The number of halogens is 3. The topological polar surface area (TPSA) is 96.4 Å². The van der Waals surface area contributed by atoms with Crippen molar-refractivity contribution < 1.29 is 18.3 Å². The Balaban J connectivity index is 2.48. The molecule has 0 spiro atoms. The average Bonchev–Trinajstić information content (AvgIpc) is 2.83. The molecule has 0 saturated heterocycles. The fourth-order valence-corrected chi connectivity index (χ4v) is 5.05. The van der Waals surface area contributed by atoms with Crippen LogP contribution in [0.4, 0.5) is 5.69 Å². The summed E-state index contributed by atoms with van der Waals surface area (Å²) >= 11 is 15.7. The van der Waals surface area contributed by atoms with E-state index in [1.54, 1.807) is 0 Å². The van der Waals surface area contributed by atoms with Crippen LogP contribution >= 0.6 is 50.5 Å². The number of nitrogens with one attached hydrogen (secondary N) is 1. The lowest BCUT2D eigenvalue weighted by Crippen LogP contribution is -2.16. The van der Waals surface area contributed by atoms with Gasteiger partial charge in [-0.15, -0.1) is 11.3 Å². The van der Waals surface area contributed by atoms with Crippen molar-refractivity contribution in [2.75, 3.05) is 4.72 Å². The smallest absolute Gasteiger partial charge is 0.356 e. The van der Waals surface area contributed by atoms with Gasteiger partial charge in [0.15, 0.2) is 9.90 Å². The zero-order valence-electron chi connectivity index (χ0n) is 9.80. The van der Waals surface area contributed by atoms with Crippen LogP contribution in [0.3, 0.4) is 0 Å². The molecule has 21 heavy (non-hydrogen) atoms. The number of aromatic nitrogens is 1. The Kier molecular flexibility index (Phi) is 4.79. The molecule has 112 valence electrons. The Morgan fingerprint density at radius 1 is 1.33 bits per heavy atom. The summed E-state index contributed by atoms with van der Waals surface area (Å²) in [7, 11) is -4.16. The van der Waals surface area contributed by atoms with Crippen molar-refractivity contribution in [3.63, 3.8) is 0 Å². The van der Waals surface area contributed by atoms with Crippen molar-refractivity contribution in [3.8, 4) is 0 Å². The maximum Gasteiger partial charge on any atom is 0.356 e. The predicted octanol–water partition coefficient (Wildman–Crippen LogP) is 3.71. The number of carboxylic acids is 1. The van der Waals surface area contributed by atoms with Gasteiger partial charge in [-0.1, -0.05) is 39.1 Å². The fraction of sp³-hybridized carbons (Fsp3) is 0. The third kappa shape index (κ3) is 3.49. The summed E-state index contributed by atoms with van der Waals surface area (Å²) in [6.07, 6.45) is 0. The Morgan fingerprint density at radius 2 is 1.90 bits per heavy atom. The monoisotopic (exact) mass is 430 g/mol. The second-order valence-electron chi connectivity index (χ2n) is 3.64. The molecule has 0 amide bonds. The molecule has 0 fully saturated rings. The number of carbonyl (C=O) groups is 1. The van der Waals surface area contributed by atoms with E-state index in [1.807, 2.05) is 0 Å². The molecule has 2 N–H and O–H groups in total. The SMILES string of the molecule is O=C(O)c1ncsc1S(=O)(=O)Nc1c(Cl)cc(Br)cc1Cl. The normalized spacial score (nSPS) is 11.4. The second-order valence-corrected chi connectivity index (χ2v) is 8.11. The van der Waals surface area contributed by atoms with E-state index in [2.05, 4.69) is 25.6 Å². The van der Waals surface area contributed by atoms with Gasteiger partial charge >= 0.3 is 5.97 Å². The van der Waals surface area contributed by atoms with Crippen molar-refractivity contribution in [1.29, 1.82) is 0 Å².